The van der Waals surface area contributed by atoms with E-state index in [9.17, 15) is 8.42 Å². The van der Waals surface area contributed by atoms with Gasteiger partial charge in [-0.25, -0.2) is 13.1 Å². The lowest BCUT2D eigenvalue weighted by Gasteiger charge is -2.15. The van der Waals surface area contributed by atoms with Crippen molar-refractivity contribution < 1.29 is 8.42 Å². The Morgan fingerprint density at radius 2 is 2.19 bits per heavy atom. The zero-order valence-electron chi connectivity index (χ0n) is 11.7. The molecule has 1 heterocycles. The molecule has 0 aliphatic rings. The van der Waals surface area contributed by atoms with Crippen LogP contribution >= 0.6 is 15.9 Å². The number of benzene rings is 1. The van der Waals surface area contributed by atoms with Gasteiger partial charge in [0.2, 0.25) is 0 Å². The van der Waals surface area contributed by atoms with Crippen LogP contribution in [-0.4, -0.2) is 25.7 Å². The van der Waals surface area contributed by atoms with E-state index in [-0.39, 0.29) is 11.1 Å². The monoisotopic (exact) mass is 372 g/mol. The molecule has 0 saturated carbocycles. The molecule has 0 bridgehead atoms. The molecule has 6 nitrogen and oxygen atoms in total. The number of aromatic nitrogens is 2. The minimum atomic E-state index is -3.65. The number of halogens is 1. The molecule has 1 unspecified atom stereocenters. The second-order valence-corrected chi connectivity index (χ2v) is 7.22. The minimum Gasteiger partial charge on any atom is -0.316 e. The molecule has 3 N–H and O–H groups in total. The smallest absolute Gasteiger partial charge is 0.258 e. The topological polar surface area (TPSA) is 86.9 Å². The van der Waals surface area contributed by atoms with Crippen molar-refractivity contribution in [2.24, 2.45) is 0 Å². The van der Waals surface area contributed by atoms with Crippen molar-refractivity contribution in [1.29, 1.82) is 0 Å². The fourth-order valence-corrected chi connectivity index (χ4v) is 3.76. The van der Waals surface area contributed by atoms with Gasteiger partial charge in [-0.1, -0.05) is 28.1 Å². The number of H-pyrrole nitrogens is 1. The van der Waals surface area contributed by atoms with Gasteiger partial charge >= 0.3 is 0 Å². The summed E-state index contributed by atoms with van der Waals surface area (Å²) >= 11 is 3.38. The first kappa shape index (κ1) is 16.2. The summed E-state index contributed by atoms with van der Waals surface area (Å²) in [7, 11) is -1.90. The number of nitrogens with one attached hydrogen (secondary N) is 3. The van der Waals surface area contributed by atoms with E-state index in [1.807, 2.05) is 24.3 Å². The van der Waals surface area contributed by atoms with Crippen LogP contribution in [0.25, 0.3) is 0 Å². The van der Waals surface area contributed by atoms with Gasteiger partial charge in [-0.3, -0.25) is 5.10 Å². The second kappa shape index (κ2) is 6.69. The molecule has 0 fully saturated rings. The lowest BCUT2D eigenvalue weighted by molar-refractivity contribution is 0.560. The van der Waals surface area contributed by atoms with Gasteiger partial charge in [0.1, 0.15) is 0 Å². The van der Waals surface area contributed by atoms with E-state index < -0.39 is 10.0 Å². The quantitative estimate of drug-likeness (QED) is 0.722. The van der Waals surface area contributed by atoms with E-state index >= 15 is 0 Å². The standard InChI is InChI=1S/C13H17BrN4O2S/c1-9(10-4-3-5-12(14)6-10)18-21(19,20)13-11(7-15-2)8-16-17-13/h3-6,8-9,15,18H,7H2,1-2H3,(H,16,17). The SMILES string of the molecule is CNCc1cn[nH]c1S(=O)(=O)NC(C)c1cccc(Br)c1. The van der Waals surface area contributed by atoms with E-state index in [1.165, 1.54) is 6.20 Å². The zero-order valence-corrected chi connectivity index (χ0v) is 14.1. The van der Waals surface area contributed by atoms with Crippen LogP contribution in [0.15, 0.2) is 40.0 Å². The molecule has 0 spiro atoms. The fourth-order valence-electron chi connectivity index (χ4n) is 1.98. The molecule has 0 saturated heterocycles. The molecule has 2 aromatic rings. The van der Waals surface area contributed by atoms with Gasteiger partial charge in [0.25, 0.3) is 10.0 Å². The first-order chi connectivity index (χ1) is 9.94. The molecular formula is C13H17BrN4O2S. The van der Waals surface area contributed by atoms with Crippen LogP contribution in [0.1, 0.15) is 24.1 Å². The summed E-state index contributed by atoms with van der Waals surface area (Å²) < 4.78 is 28.4. The summed E-state index contributed by atoms with van der Waals surface area (Å²) in [6.07, 6.45) is 1.51. The molecule has 114 valence electrons. The highest BCUT2D eigenvalue weighted by Gasteiger charge is 2.23. The van der Waals surface area contributed by atoms with Gasteiger partial charge in [-0.2, -0.15) is 5.10 Å². The molecule has 8 heteroatoms. The molecule has 1 aromatic carbocycles. The summed E-state index contributed by atoms with van der Waals surface area (Å²) in [6, 6.07) is 7.17. The summed E-state index contributed by atoms with van der Waals surface area (Å²) in [5.41, 5.74) is 1.48. The highest BCUT2D eigenvalue weighted by molar-refractivity contribution is 9.10. The third kappa shape index (κ3) is 3.91. The van der Waals surface area contributed by atoms with Crippen LogP contribution in [0.3, 0.4) is 0 Å². The average molecular weight is 373 g/mol. The molecule has 0 aliphatic carbocycles. The van der Waals surface area contributed by atoms with Crippen LogP contribution in [0.4, 0.5) is 0 Å². The summed E-state index contributed by atoms with van der Waals surface area (Å²) in [4.78, 5) is 0. The summed E-state index contributed by atoms with van der Waals surface area (Å²) in [5.74, 6) is 0. The van der Waals surface area contributed by atoms with E-state index in [2.05, 4.69) is 36.2 Å². The Hall–Kier alpha value is -1.22. The van der Waals surface area contributed by atoms with Crippen molar-refractivity contribution in [3.63, 3.8) is 0 Å². The minimum absolute atomic E-state index is 0.0960. The third-order valence-electron chi connectivity index (χ3n) is 2.99. The predicted molar refractivity (Wildman–Crippen MR) is 84.2 cm³/mol. The van der Waals surface area contributed by atoms with Crippen molar-refractivity contribution in [2.45, 2.75) is 24.5 Å². The number of sulfonamides is 1. The number of rotatable bonds is 6. The fraction of sp³-hybridized carbons (Fsp3) is 0.308. The van der Waals surface area contributed by atoms with Crippen LogP contribution < -0.4 is 10.0 Å². The van der Waals surface area contributed by atoms with Crippen molar-refractivity contribution in [3.8, 4) is 0 Å². The number of hydrogen-bond donors (Lipinski definition) is 3. The lowest BCUT2D eigenvalue weighted by Crippen LogP contribution is -2.28. The normalized spacial score (nSPS) is 13.3. The van der Waals surface area contributed by atoms with Crippen LogP contribution in [0.5, 0.6) is 0 Å². The maximum Gasteiger partial charge on any atom is 0.258 e. The Morgan fingerprint density at radius 1 is 1.43 bits per heavy atom. The highest BCUT2D eigenvalue weighted by atomic mass is 79.9. The van der Waals surface area contributed by atoms with E-state index in [0.29, 0.717) is 12.1 Å². The Balaban J connectivity index is 2.23. The van der Waals surface area contributed by atoms with Gasteiger partial charge in [0, 0.05) is 22.6 Å². The van der Waals surface area contributed by atoms with Crippen molar-refractivity contribution >= 4 is 26.0 Å². The largest absolute Gasteiger partial charge is 0.316 e. The molecule has 1 aromatic heterocycles. The van der Waals surface area contributed by atoms with Gasteiger partial charge in [-0.15, -0.1) is 0 Å². The summed E-state index contributed by atoms with van der Waals surface area (Å²) in [6.45, 7) is 2.23. The Morgan fingerprint density at radius 3 is 2.86 bits per heavy atom. The van der Waals surface area contributed by atoms with Gasteiger partial charge < -0.3 is 5.32 Å². The van der Waals surface area contributed by atoms with Crippen LogP contribution in [0, 0.1) is 0 Å². The maximum absolute atomic E-state index is 12.4. The molecule has 0 aliphatic heterocycles. The molecule has 0 amide bonds. The van der Waals surface area contributed by atoms with Gasteiger partial charge in [0.15, 0.2) is 5.03 Å². The molecule has 21 heavy (non-hydrogen) atoms. The molecule has 2 rings (SSSR count). The Labute approximate surface area is 132 Å². The van der Waals surface area contributed by atoms with E-state index in [0.717, 1.165) is 10.0 Å². The van der Waals surface area contributed by atoms with Crippen molar-refractivity contribution in [1.82, 2.24) is 20.2 Å². The first-order valence-electron chi connectivity index (χ1n) is 6.38. The van der Waals surface area contributed by atoms with Gasteiger partial charge in [0.05, 0.1) is 6.20 Å². The van der Waals surface area contributed by atoms with E-state index in [4.69, 9.17) is 0 Å². The average Bonchev–Trinajstić information content (AvgIpc) is 2.88. The zero-order chi connectivity index (χ0) is 15.5. The maximum atomic E-state index is 12.4. The highest BCUT2D eigenvalue weighted by Crippen LogP contribution is 2.20. The second-order valence-electron chi connectivity index (χ2n) is 4.65. The van der Waals surface area contributed by atoms with Gasteiger partial charge in [-0.05, 0) is 31.7 Å². The third-order valence-corrected chi connectivity index (χ3v) is 5.04. The Bertz CT molecular complexity index is 714. The Kier molecular flexibility index (Phi) is 5.15. The first-order valence-corrected chi connectivity index (χ1v) is 8.66. The van der Waals surface area contributed by atoms with Crippen molar-refractivity contribution in [3.05, 3.63) is 46.1 Å². The van der Waals surface area contributed by atoms with Crippen LogP contribution in [0.2, 0.25) is 0 Å². The molecular weight excluding hydrogens is 356 g/mol. The van der Waals surface area contributed by atoms with Crippen LogP contribution in [-0.2, 0) is 16.6 Å². The summed E-state index contributed by atoms with van der Waals surface area (Å²) in [5, 5.41) is 9.37. The number of nitrogens with zero attached hydrogens (tertiary/aromatic N) is 1. The lowest BCUT2D eigenvalue weighted by atomic mass is 10.1. The predicted octanol–water partition coefficient (Wildman–Crippen LogP) is 1.93. The van der Waals surface area contributed by atoms with E-state index in [1.54, 1.807) is 14.0 Å². The number of aromatic amines is 1. The molecule has 0 radical (unpaired) electrons. The van der Waals surface area contributed by atoms with Crippen molar-refractivity contribution in [2.75, 3.05) is 7.05 Å². The number of hydrogen-bond acceptors (Lipinski definition) is 4. The molecule has 1 atom stereocenters.